The first-order chi connectivity index (χ1) is 12.2. The maximum absolute atomic E-state index is 12.4. The Hall–Kier alpha value is -2.35. The predicted molar refractivity (Wildman–Crippen MR) is 96.4 cm³/mol. The van der Waals surface area contributed by atoms with Crippen molar-refractivity contribution in [1.29, 1.82) is 0 Å². The van der Waals surface area contributed by atoms with Gasteiger partial charge in [0.2, 0.25) is 5.91 Å². The van der Waals surface area contributed by atoms with Crippen LogP contribution in [-0.4, -0.2) is 69.6 Å². The van der Waals surface area contributed by atoms with Crippen molar-refractivity contribution in [1.82, 2.24) is 19.6 Å². The Kier molecular flexibility index (Phi) is 6.42. The van der Waals surface area contributed by atoms with Crippen molar-refractivity contribution in [3.8, 4) is 0 Å². The van der Waals surface area contributed by atoms with Crippen LogP contribution in [0.1, 0.15) is 25.1 Å². The fraction of sp³-hybridized carbons (Fsp3) is 0.529. The molecule has 0 N–H and O–H groups in total. The lowest BCUT2D eigenvalue weighted by Crippen LogP contribution is -2.52. The summed E-state index contributed by atoms with van der Waals surface area (Å²) in [5.41, 5.74) is 1.32. The van der Waals surface area contributed by atoms with E-state index in [0.717, 1.165) is 0 Å². The molecule has 2 heterocycles. The molecule has 0 bridgehead atoms. The summed E-state index contributed by atoms with van der Waals surface area (Å²) in [4.78, 5) is 39.0. The van der Waals surface area contributed by atoms with Crippen LogP contribution in [0.25, 0.3) is 6.08 Å². The minimum absolute atomic E-state index is 0.00827. The zero-order valence-electron chi connectivity index (χ0n) is 15.4. The molecule has 1 unspecified atom stereocenters. The van der Waals surface area contributed by atoms with Gasteiger partial charge < -0.3 is 14.5 Å². The zero-order valence-corrected chi connectivity index (χ0v) is 16.1. The van der Waals surface area contributed by atoms with E-state index in [4.69, 9.17) is 16.3 Å². The van der Waals surface area contributed by atoms with Crippen LogP contribution in [-0.2, 0) is 26.2 Å². The first-order valence-corrected chi connectivity index (χ1v) is 8.70. The Morgan fingerprint density at radius 2 is 1.77 bits per heavy atom. The van der Waals surface area contributed by atoms with E-state index < -0.39 is 12.1 Å². The van der Waals surface area contributed by atoms with E-state index in [0.29, 0.717) is 42.6 Å². The Bertz CT molecular complexity index is 735. The molecule has 1 aliphatic rings. The summed E-state index contributed by atoms with van der Waals surface area (Å²) >= 11 is 6.10. The molecule has 1 atom stereocenters. The number of aromatic nitrogens is 2. The van der Waals surface area contributed by atoms with Crippen LogP contribution in [0.3, 0.4) is 0 Å². The Labute approximate surface area is 157 Å². The maximum atomic E-state index is 12.4. The summed E-state index contributed by atoms with van der Waals surface area (Å²) in [5.74, 6) is -0.913. The van der Waals surface area contributed by atoms with E-state index in [1.807, 2.05) is 0 Å². The van der Waals surface area contributed by atoms with Crippen LogP contribution in [0, 0.1) is 6.92 Å². The SMILES string of the molecule is CC(=O)N1CCN(C(=O)C(C)OC(=O)/C=C/c2c(C)nn(C)c2Cl)CC1. The van der Waals surface area contributed by atoms with E-state index in [1.165, 1.54) is 30.7 Å². The predicted octanol–water partition coefficient (Wildman–Crippen LogP) is 1.02. The van der Waals surface area contributed by atoms with Gasteiger partial charge in [-0.15, -0.1) is 0 Å². The van der Waals surface area contributed by atoms with Gasteiger partial charge in [-0.3, -0.25) is 14.3 Å². The summed E-state index contributed by atoms with van der Waals surface area (Å²) in [6.07, 6.45) is 1.85. The van der Waals surface area contributed by atoms with Gasteiger partial charge in [0.05, 0.1) is 5.69 Å². The quantitative estimate of drug-likeness (QED) is 0.573. The molecule has 8 nitrogen and oxygen atoms in total. The number of rotatable bonds is 4. The third-order valence-corrected chi connectivity index (χ3v) is 4.71. The van der Waals surface area contributed by atoms with Gasteiger partial charge in [0.15, 0.2) is 6.10 Å². The van der Waals surface area contributed by atoms with Gasteiger partial charge in [-0.25, -0.2) is 4.79 Å². The number of nitrogens with zero attached hydrogens (tertiary/aromatic N) is 4. The molecular formula is C17H23ClN4O4. The molecule has 1 aromatic heterocycles. The lowest BCUT2D eigenvalue weighted by molar-refractivity contribution is -0.156. The molecule has 9 heteroatoms. The molecule has 0 radical (unpaired) electrons. The molecular weight excluding hydrogens is 360 g/mol. The van der Waals surface area contributed by atoms with Crippen molar-refractivity contribution in [2.75, 3.05) is 26.2 Å². The number of carbonyl (C=O) groups excluding carboxylic acids is 3. The first kappa shape index (κ1) is 20.0. The molecule has 2 rings (SSSR count). The minimum Gasteiger partial charge on any atom is -0.449 e. The van der Waals surface area contributed by atoms with E-state index in [9.17, 15) is 14.4 Å². The lowest BCUT2D eigenvalue weighted by atomic mass is 10.2. The molecule has 0 aliphatic carbocycles. The normalized spacial score (nSPS) is 16.0. The van der Waals surface area contributed by atoms with Gasteiger partial charge in [0.25, 0.3) is 5.91 Å². The summed E-state index contributed by atoms with van der Waals surface area (Å²) in [7, 11) is 1.71. The zero-order chi connectivity index (χ0) is 19.4. The molecule has 142 valence electrons. The second kappa shape index (κ2) is 8.35. The van der Waals surface area contributed by atoms with E-state index >= 15 is 0 Å². The molecule has 1 fully saturated rings. The first-order valence-electron chi connectivity index (χ1n) is 8.32. The lowest BCUT2D eigenvalue weighted by Gasteiger charge is -2.35. The van der Waals surface area contributed by atoms with Gasteiger partial charge in [-0.2, -0.15) is 5.10 Å². The monoisotopic (exact) mass is 382 g/mol. The number of aryl methyl sites for hydroxylation is 2. The number of hydrogen-bond acceptors (Lipinski definition) is 5. The standard InChI is InChI=1S/C17H23ClN4O4/c1-11-14(16(18)20(4)19-11)5-6-15(24)26-12(2)17(25)22-9-7-21(8-10-22)13(3)23/h5-6,12H,7-10H2,1-4H3/b6-5+. The minimum atomic E-state index is -0.901. The van der Waals surface area contributed by atoms with Gasteiger partial charge >= 0.3 is 5.97 Å². The number of piperazine rings is 1. The van der Waals surface area contributed by atoms with Crippen molar-refractivity contribution in [2.45, 2.75) is 26.9 Å². The summed E-state index contributed by atoms with van der Waals surface area (Å²) in [5, 5.41) is 4.57. The summed E-state index contributed by atoms with van der Waals surface area (Å²) < 4.78 is 6.69. The molecule has 1 aromatic rings. The molecule has 0 aromatic carbocycles. The van der Waals surface area contributed by atoms with Crippen LogP contribution in [0.15, 0.2) is 6.08 Å². The fourth-order valence-electron chi connectivity index (χ4n) is 2.75. The maximum Gasteiger partial charge on any atom is 0.331 e. The van der Waals surface area contributed by atoms with Gasteiger partial charge in [-0.05, 0) is 19.9 Å². The largest absolute Gasteiger partial charge is 0.449 e. The third-order valence-electron chi connectivity index (χ3n) is 4.26. The van der Waals surface area contributed by atoms with Crippen molar-refractivity contribution < 1.29 is 19.1 Å². The van der Waals surface area contributed by atoms with Gasteiger partial charge in [-0.1, -0.05) is 11.6 Å². The second-order valence-corrected chi connectivity index (χ2v) is 6.52. The van der Waals surface area contributed by atoms with Gasteiger partial charge in [0.1, 0.15) is 5.15 Å². The Morgan fingerprint density at radius 3 is 2.27 bits per heavy atom. The van der Waals surface area contributed by atoms with E-state index in [-0.39, 0.29) is 11.8 Å². The van der Waals surface area contributed by atoms with Crippen LogP contribution >= 0.6 is 11.6 Å². The third kappa shape index (κ3) is 4.63. The second-order valence-electron chi connectivity index (χ2n) is 6.16. The van der Waals surface area contributed by atoms with Crippen molar-refractivity contribution >= 4 is 35.5 Å². The smallest absolute Gasteiger partial charge is 0.331 e. The van der Waals surface area contributed by atoms with Crippen LogP contribution < -0.4 is 0 Å². The number of carbonyl (C=O) groups is 3. The number of esters is 1. The van der Waals surface area contributed by atoms with Crippen molar-refractivity contribution in [2.24, 2.45) is 7.05 Å². The van der Waals surface area contributed by atoms with E-state index in [2.05, 4.69) is 5.10 Å². The summed E-state index contributed by atoms with van der Waals surface area (Å²) in [6.45, 7) is 6.66. The molecule has 1 aliphatic heterocycles. The molecule has 0 spiro atoms. The number of halogens is 1. The summed E-state index contributed by atoms with van der Waals surface area (Å²) in [6, 6.07) is 0. The number of hydrogen-bond donors (Lipinski definition) is 0. The Morgan fingerprint density at radius 1 is 1.19 bits per heavy atom. The highest BCUT2D eigenvalue weighted by Gasteiger charge is 2.27. The molecule has 0 saturated carbocycles. The van der Waals surface area contributed by atoms with Crippen LogP contribution in [0.2, 0.25) is 5.15 Å². The Balaban J connectivity index is 1.89. The molecule has 2 amide bonds. The van der Waals surface area contributed by atoms with Crippen LogP contribution in [0.4, 0.5) is 0 Å². The average Bonchev–Trinajstić information content (AvgIpc) is 2.84. The highest BCUT2D eigenvalue weighted by molar-refractivity contribution is 6.31. The highest BCUT2D eigenvalue weighted by atomic mass is 35.5. The van der Waals surface area contributed by atoms with Crippen molar-refractivity contribution in [3.05, 3.63) is 22.5 Å². The number of ether oxygens (including phenoxy) is 1. The topological polar surface area (TPSA) is 84.7 Å². The van der Waals surface area contributed by atoms with Crippen LogP contribution in [0.5, 0.6) is 0 Å². The molecule has 1 saturated heterocycles. The number of amides is 2. The average molecular weight is 383 g/mol. The van der Waals surface area contributed by atoms with Gasteiger partial charge in [0, 0.05) is 51.8 Å². The van der Waals surface area contributed by atoms with E-state index in [1.54, 1.807) is 23.8 Å². The van der Waals surface area contributed by atoms with Crippen molar-refractivity contribution in [3.63, 3.8) is 0 Å². The highest BCUT2D eigenvalue weighted by Crippen LogP contribution is 2.20. The fourth-order valence-corrected chi connectivity index (χ4v) is 2.99. The molecule has 26 heavy (non-hydrogen) atoms.